The molecule has 26 heavy (non-hydrogen) atoms. The van der Waals surface area contributed by atoms with Gasteiger partial charge in [0.2, 0.25) is 0 Å². The standard InChI is InChI=1S/C20H20F3NO2/c1-13-6-9-17(18(10-13)26-12-20(21,22)23)24-19(25)16-8-7-14-4-2-3-5-15(14)11-16/h6-11H,2-5,12H2,1H3,(H,24,25). The highest BCUT2D eigenvalue weighted by Gasteiger charge is 2.29. The van der Waals surface area contributed by atoms with E-state index in [9.17, 15) is 18.0 Å². The monoisotopic (exact) mass is 363 g/mol. The highest BCUT2D eigenvalue weighted by Crippen LogP contribution is 2.29. The smallest absolute Gasteiger partial charge is 0.422 e. The van der Waals surface area contributed by atoms with Gasteiger partial charge in [-0.2, -0.15) is 13.2 Å². The second-order valence-corrected chi connectivity index (χ2v) is 6.55. The molecule has 0 radical (unpaired) electrons. The molecular weight excluding hydrogens is 343 g/mol. The summed E-state index contributed by atoms with van der Waals surface area (Å²) < 4.78 is 42.2. The van der Waals surface area contributed by atoms with Gasteiger partial charge in [-0.05, 0) is 73.6 Å². The normalized spacial score (nSPS) is 13.8. The van der Waals surface area contributed by atoms with E-state index in [4.69, 9.17) is 4.74 Å². The van der Waals surface area contributed by atoms with Gasteiger partial charge in [0, 0.05) is 5.56 Å². The maximum atomic E-state index is 12.5. The van der Waals surface area contributed by atoms with Crippen molar-refractivity contribution in [1.82, 2.24) is 0 Å². The van der Waals surface area contributed by atoms with Crippen LogP contribution in [-0.2, 0) is 12.8 Å². The zero-order valence-corrected chi connectivity index (χ0v) is 14.5. The first-order valence-electron chi connectivity index (χ1n) is 8.55. The Bertz CT molecular complexity index is 815. The van der Waals surface area contributed by atoms with Crippen LogP contribution in [0.3, 0.4) is 0 Å². The van der Waals surface area contributed by atoms with Gasteiger partial charge in [-0.25, -0.2) is 0 Å². The lowest BCUT2D eigenvalue weighted by Gasteiger charge is -2.17. The Balaban J connectivity index is 1.78. The van der Waals surface area contributed by atoms with E-state index in [2.05, 4.69) is 5.32 Å². The number of amides is 1. The molecule has 0 spiro atoms. The van der Waals surface area contributed by atoms with Crippen LogP contribution in [0.25, 0.3) is 0 Å². The van der Waals surface area contributed by atoms with Gasteiger partial charge < -0.3 is 10.1 Å². The fourth-order valence-corrected chi connectivity index (χ4v) is 3.08. The van der Waals surface area contributed by atoms with Gasteiger partial charge >= 0.3 is 6.18 Å². The molecule has 138 valence electrons. The summed E-state index contributed by atoms with van der Waals surface area (Å²) in [6.45, 7) is 0.341. The first-order chi connectivity index (χ1) is 12.3. The fraction of sp³-hybridized carbons (Fsp3) is 0.350. The molecular formula is C20H20F3NO2. The van der Waals surface area contributed by atoms with E-state index in [0.29, 0.717) is 5.56 Å². The predicted molar refractivity (Wildman–Crippen MR) is 93.8 cm³/mol. The second-order valence-electron chi connectivity index (χ2n) is 6.55. The minimum Gasteiger partial charge on any atom is -0.482 e. The van der Waals surface area contributed by atoms with Gasteiger partial charge in [0.1, 0.15) is 5.75 Å². The number of alkyl halides is 3. The van der Waals surface area contributed by atoms with Crippen LogP contribution < -0.4 is 10.1 Å². The van der Waals surface area contributed by atoms with Crippen molar-refractivity contribution in [3.8, 4) is 5.75 Å². The summed E-state index contributed by atoms with van der Waals surface area (Å²) in [5.41, 5.74) is 3.89. The minimum absolute atomic E-state index is 0.00800. The third-order valence-electron chi connectivity index (χ3n) is 4.39. The highest BCUT2D eigenvalue weighted by atomic mass is 19.4. The molecule has 0 atom stereocenters. The van der Waals surface area contributed by atoms with Gasteiger partial charge in [-0.3, -0.25) is 4.79 Å². The van der Waals surface area contributed by atoms with Gasteiger partial charge in [0.05, 0.1) is 5.69 Å². The number of carbonyl (C=O) groups is 1. The Kier molecular flexibility index (Phi) is 5.20. The summed E-state index contributed by atoms with van der Waals surface area (Å²) in [5.74, 6) is -0.354. The van der Waals surface area contributed by atoms with Crippen molar-refractivity contribution in [3.05, 3.63) is 58.7 Å². The van der Waals surface area contributed by atoms with E-state index >= 15 is 0 Å². The number of anilines is 1. The van der Waals surface area contributed by atoms with Gasteiger partial charge in [-0.1, -0.05) is 12.1 Å². The lowest BCUT2D eigenvalue weighted by molar-refractivity contribution is -0.153. The van der Waals surface area contributed by atoms with Crippen molar-refractivity contribution in [1.29, 1.82) is 0 Å². The number of hydrogen-bond donors (Lipinski definition) is 1. The average molecular weight is 363 g/mol. The fourth-order valence-electron chi connectivity index (χ4n) is 3.08. The third kappa shape index (κ3) is 4.56. The van der Waals surface area contributed by atoms with Gasteiger partial charge in [0.25, 0.3) is 5.91 Å². The summed E-state index contributed by atoms with van der Waals surface area (Å²) >= 11 is 0. The van der Waals surface area contributed by atoms with Crippen LogP contribution in [-0.4, -0.2) is 18.7 Å². The van der Waals surface area contributed by atoms with Crippen LogP contribution in [0.1, 0.15) is 39.9 Å². The van der Waals surface area contributed by atoms with Crippen LogP contribution in [0.4, 0.5) is 18.9 Å². The van der Waals surface area contributed by atoms with E-state index < -0.39 is 12.8 Å². The Morgan fingerprint density at radius 1 is 1.08 bits per heavy atom. The number of nitrogens with one attached hydrogen (secondary N) is 1. The summed E-state index contributed by atoms with van der Waals surface area (Å²) in [6, 6.07) is 10.3. The van der Waals surface area contributed by atoms with Crippen molar-refractivity contribution < 1.29 is 22.7 Å². The van der Waals surface area contributed by atoms with E-state index in [1.165, 1.54) is 17.2 Å². The van der Waals surface area contributed by atoms with Crippen LogP contribution >= 0.6 is 0 Å². The Morgan fingerprint density at radius 2 is 1.81 bits per heavy atom. The van der Waals surface area contributed by atoms with Crippen molar-refractivity contribution in [2.45, 2.75) is 38.8 Å². The van der Waals surface area contributed by atoms with Crippen molar-refractivity contribution in [2.75, 3.05) is 11.9 Å². The maximum absolute atomic E-state index is 12.5. The van der Waals surface area contributed by atoms with Gasteiger partial charge in [-0.15, -0.1) is 0 Å². The molecule has 0 aromatic heterocycles. The minimum atomic E-state index is -4.44. The Hall–Kier alpha value is -2.50. The number of aryl methyl sites for hydroxylation is 3. The lowest BCUT2D eigenvalue weighted by atomic mass is 9.90. The number of carbonyl (C=O) groups excluding carboxylic acids is 1. The number of ether oxygens (including phenoxy) is 1. The van der Waals surface area contributed by atoms with Crippen molar-refractivity contribution in [2.24, 2.45) is 0 Å². The van der Waals surface area contributed by atoms with Crippen LogP contribution in [0.5, 0.6) is 5.75 Å². The summed E-state index contributed by atoms with van der Waals surface area (Å²) in [6.07, 6.45) is -0.220. The number of benzene rings is 2. The number of fused-ring (bicyclic) bond motifs is 1. The molecule has 6 heteroatoms. The first kappa shape index (κ1) is 18.3. The number of hydrogen-bond acceptors (Lipinski definition) is 2. The summed E-state index contributed by atoms with van der Waals surface area (Å²) in [4.78, 5) is 12.5. The Morgan fingerprint density at radius 3 is 2.54 bits per heavy atom. The highest BCUT2D eigenvalue weighted by molar-refractivity contribution is 6.05. The van der Waals surface area contributed by atoms with Crippen molar-refractivity contribution >= 4 is 11.6 Å². The molecule has 0 saturated heterocycles. The van der Waals surface area contributed by atoms with Crippen LogP contribution in [0, 0.1) is 6.92 Å². The van der Waals surface area contributed by atoms with E-state index in [0.717, 1.165) is 31.2 Å². The van der Waals surface area contributed by atoms with Gasteiger partial charge in [0.15, 0.2) is 6.61 Å². The zero-order chi connectivity index (χ0) is 18.7. The van der Waals surface area contributed by atoms with E-state index in [1.807, 2.05) is 12.1 Å². The summed E-state index contributed by atoms with van der Waals surface area (Å²) in [5, 5.41) is 2.67. The van der Waals surface area contributed by atoms with Crippen LogP contribution in [0.15, 0.2) is 36.4 Å². The molecule has 1 N–H and O–H groups in total. The molecule has 0 unspecified atom stereocenters. The van der Waals surface area contributed by atoms with E-state index in [1.54, 1.807) is 25.1 Å². The predicted octanol–water partition coefficient (Wildman–Crippen LogP) is 5.07. The molecule has 1 aliphatic carbocycles. The molecule has 2 aromatic rings. The molecule has 0 heterocycles. The molecule has 2 aromatic carbocycles. The zero-order valence-electron chi connectivity index (χ0n) is 14.5. The molecule has 0 saturated carbocycles. The third-order valence-corrected chi connectivity index (χ3v) is 4.39. The molecule has 1 aliphatic rings. The van der Waals surface area contributed by atoms with Crippen molar-refractivity contribution in [3.63, 3.8) is 0 Å². The molecule has 0 fully saturated rings. The number of rotatable bonds is 4. The second kappa shape index (κ2) is 7.40. The Labute approximate surface area is 150 Å². The lowest BCUT2D eigenvalue weighted by Crippen LogP contribution is -2.20. The first-order valence-corrected chi connectivity index (χ1v) is 8.55. The SMILES string of the molecule is Cc1ccc(NC(=O)c2ccc3c(c2)CCCC3)c(OCC(F)(F)F)c1. The number of halogens is 3. The molecule has 0 aliphatic heterocycles. The molecule has 3 nitrogen and oxygen atoms in total. The molecule has 3 rings (SSSR count). The largest absolute Gasteiger partial charge is 0.482 e. The average Bonchev–Trinajstić information content (AvgIpc) is 2.60. The quantitative estimate of drug-likeness (QED) is 0.824. The van der Waals surface area contributed by atoms with Crippen LogP contribution in [0.2, 0.25) is 0 Å². The molecule has 0 bridgehead atoms. The maximum Gasteiger partial charge on any atom is 0.422 e. The topological polar surface area (TPSA) is 38.3 Å². The summed E-state index contributed by atoms with van der Waals surface area (Å²) in [7, 11) is 0. The molecule has 1 amide bonds. The van der Waals surface area contributed by atoms with E-state index in [-0.39, 0.29) is 17.3 Å².